The second-order valence-electron chi connectivity index (χ2n) is 4.77. The fourth-order valence-electron chi connectivity index (χ4n) is 2.39. The first kappa shape index (κ1) is 14.9. The molecule has 0 bridgehead atoms. The summed E-state index contributed by atoms with van der Waals surface area (Å²) in [6.07, 6.45) is 2.48. The maximum atomic E-state index is 5.24. The zero-order valence-electron chi connectivity index (χ0n) is 11.8. The van der Waals surface area contributed by atoms with Crippen LogP contribution >= 0.6 is 11.8 Å². The SMILES string of the molecule is COC(OC)c1ccc(SCCN2CCCC2)cc1. The van der Waals surface area contributed by atoms with Gasteiger partial charge in [-0.15, -0.1) is 11.8 Å². The summed E-state index contributed by atoms with van der Waals surface area (Å²) in [6, 6.07) is 8.45. The Labute approximate surface area is 120 Å². The van der Waals surface area contributed by atoms with Crippen molar-refractivity contribution in [1.29, 1.82) is 0 Å². The number of rotatable bonds is 7. The fraction of sp³-hybridized carbons (Fsp3) is 0.600. The van der Waals surface area contributed by atoms with Gasteiger partial charge in [-0.2, -0.15) is 0 Å². The van der Waals surface area contributed by atoms with Crippen LogP contribution in [0.4, 0.5) is 0 Å². The van der Waals surface area contributed by atoms with Crippen LogP contribution in [-0.4, -0.2) is 44.5 Å². The molecule has 0 aromatic heterocycles. The van der Waals surface area contributed by atoms with Crippen molar-refractivity contribution in [3.63, 3.8) is 0 Å². The monoisotopic (exact) mass is 281 g/mol. The third kappa shape index (κ3) is 4.49. The summed E-state index contributed by atoms with van der Waals surface area (Å²) in [4.78, 5) is 3.86. The Morgan fingerprint density at radius 2 is 1.74 bits per heavy atom. The molecule has 19 heavy (non-hydrogen) atoms. The molecular weight excluding hydrogens is 258 g/mol. The van der Waals surface area contributed by atoms with E-state index in [1.54, 1.807) is 14.2 Å². The summed E-state index contributed by atoms with van der Waals surface area (Å²) in [5, 5.41) is 0. The zero-order chi connectivity index (χ0) is 13.5. The van der Waals surface area contributed by atoms with Crippen LogP contribution in [0.25, 0.3) is 0 Å². The van der Waals surface area contributed by atoms with Crippen LogP contribution in [0.1, 0.15) is 24.7 Å². The van der Waals surface area contributed by atoms with Gasteiger partial charge in [0.1, 0.15) is 0 Å². The lowest BCUT2D eigenvalue weighted by atomic mass is 10.2. The van der Waals surface area contributed by atoms with Crippen molar-refractivity contribution in [2.45, 2.75) is 24.0 Å². The van der Waals surface area contributed by atoms with E-state index in [2.05, 4.69) is 29.2 Å². The number of likely N-dealkylation sites (tertiary alicyclic amines) is 1. The van der Waals surface area contributed by atoms with Crippen molar-refractivity contribution >= 4 is 11.8 Å². The molecule has 2 rings (SSSR count). The van der Waals surface area contributed by atoms with Crippen molar-refractivity contribution < 1.29 is 9.47 Å². The molecule has 1 saturated heterocycles. The van der Waals surface area contributed by atoms with Gasteiger partial charge < -0.3 is 14.4 Å². The van der Waals surface area contributed by atoms with Crippen molar-refractivity contribution in [3.05, 3.63) is 29.8 Å². The highest BCUT2D eigenvalue weighted by atomic mass is 32.2. The molecule has 1 heterocycles. The molecule has 0 spiro atoms. The molecule has 4 heteroatoms. The molecule has 1 aliphatic rings. The van der Waals surface area contributed by atoms with E-state index in [4.69, 9.17) is 9.47 Å². The quantitative estimate of drug-likeness (QED) is 0.565. The number of methoxy groups -OCH3 is 2. The summed E-state index contributed by atoms with van der Waals surface area (Å²) in [7, 11) is 3.32. The van der Waals surface area contributed by atoms with Crippen LogP contribution in [-0.2, 0) is 9.47 Å². The zero-order valence-corrected chi connectivity index (χ0v) is 12.6. The third-order valence-electron chi connectivity index (χ3n) is 3.46. The van der Waals surface area contributed by atoms with E-state index in [-0.39, 0.29) is 6.29 Å². The average Bonchev–Trinajstić information content (AvgIpc) is 2.95. The molecule has 1 fully saturated rings. The number of benzene rings is 1. The van der Waals surface area contributed by atoms with E-state index in [0.717, 1.165) is 11.3 Å². The van der Waals surface area contributed by atoms with Crippen molar-refractivity contribution in [2.24, 2.45) is 0 Å². The summed E-state index contributed by atoms with van der Waals surface area (Å²) < 4.78 is 10.5. The lowest BCUT2D eigenvalue weighted by Gasteiger charge is -2.15. The van der Waals surface area contributed by atoms with Gasteiger partial charge in [0.15, 0.2) is 6.29 Å². The lowest BCUT2D eigenvalue weighted by Crippen LogP contribution is -2.21. The van der Waals surface area contributed by atoms with E-state index >= 15 is 0 Å². The summed E-state index contributed by atoms with van der Waals surface area (Å²) in [5.74, 6) is 1.16. The summed E-state index contributed by atoms with van der Waals surface area (Å²) in [5.41, 5.74) is 1.06. The van der Waals surface area contributed by atoms with Crippen molar-refractivity contribution in [2.75, 3.05) is 39.6 Å². The van der Waals surface area contributed by atoms with E-state index < -0.39 is 0 Å². The van der Waals surface area contributed by atoms with Crippen molar-refractivity contribution in [1.82, 2.24) is 4.90 Å². The molecule has 0 aliphatic carbocycles. The van der Waals surface area contributed by atoms with Crippen LogP contribution in [0.2, 0.25) is 0 Å². The first-order valence-electron chi connectivity index (χ1n) is 6.84. The Hall–Kier alpha value is -0.550. The van der Waals surface area contributed by atoms with E-state index in [9.17, 15) is 0 Å². The van der Waals surface area contributed by atoms with Gasteiger partial charge in [0, 0.05) is 37.0 Å². The highest BCUT2D eigenvalue weighted by Crippen LogP contribution is 2.23. The Balaban J connectivity index is 1.77. The molecule has 0 atom stereocenters. The van der Waals surface area contributed by atoms with Crippen LogP contribution in [0, 0.1) is 0 Å². The molecule has 3 nitrogen and oxygen atoms in total. The van der Waals surface area contributed by atoms with Crippen molar-refractivity contribution in [3.8, 4) is 0 Å². The van der Waals surface area contributed by atoms with E-state index in [0.29, 0.717) is 0 Å². The Bertz CT molecular complexity index is 359. The predicted octanol–water partition coefficient (Wildman–Crippen LogP) is 3.17. The molecule has 0 unspecified atom stereocenters. The molecule has 0 radical (unpaired) electrons. The maximum absolute atomic E-state index is 5.24. The average molecular weight is 281 g/mol. The Morgan fingerprint density at radius 1 is 1.11 bits per heavy atom. The summed E-state index contributed by atoms with van der Waals surface area (Å²) in [6.45, 7) is 3.76. The van der Waals surface area contributed by atoms with Gasteiger partial charge in [0.25, 0.3) is 0 Å². The minimum Gasteiger partial charge on any atom is -0.352 e. The van der Waals surface area contributed by atoms with Gasteiger partial charge in [0.05, 0.1) is 0 Å². The fourth-order valence-corrected chi connectivity index (χ4v) is 3.30. The molecule has 1 aliphatic heterocycles. The number of nitrogens with zero attached hydrogens (tertiary/aromatic N) is 1. The van der Waals surface area contributed by atoms with E-state index in [1.807, 2.05) is 11.8 Å². The largest absolute Gasteiger partial charge is 0.352 e. The van der Waals surface area contributed by atoms with Crippen LogP contribution in [0.5, 0.6) is 0 Å². The number of ether oxygens (including phenoxy) is 2. The Morgan fingerprint density at radius 3 is 2.32 bits per heavy atom. The molecule has 1 aromatic carbocycles. The minimum absolute atomic E-state index is 0.261. The lowest BCUT2D eigenvalue weighted by molar-refractivity contribution is -0.106. The summed E-state index contributed by atoms with van der Waals surface area (Å²) >= 11 is 1.92. The molecule has 0 saturated carbocycles. The molecule has 106 valence electrons. The van der Waals surface area contributed by atoms with Gasteiger partial charge in [-0.1, -0.05) is 12.1 Å². The second kappa shape index (κ2) is 7.90. The van der Waals surface area contributed by atoms with Gasteiger partial charge in [-0.25, -0.2) is 0 Å². The maximum Gasteiger partial charge on any atom is 0.183 e. The standard InChI is InChI=1S/C15H23NO2S/c1-17-15(18-2)13-5-7-14(8-6-13)19-12-11-16-9-3-4-10-16/h5-8,15H,3-4,9-12H2,1-2H3. The number of hydrogen-bond donors (Lipinski definition) is 0. The third-order valence-corrected chi connectivity index (χ3v) is 4.45. The topological polar surface area (TPSA) is 21.7 Å². The van der Waals surface area contributed by atoms with Gasteiger partial charge >= 0.3 is 0 Å². The first-order chi connectivity index (χ1) is 9.33. The van der Waals surface area contributed by atoms with Crippen LogP contribution in [0.3, 0.4) is 0 Å². The minimum atomic E-state index is -0.261. The van der Waals surface area contributed by atoms with Crippen LogP contribution in [0.15, 0.2) is 29.2 Å². The van der Waals surface area contributed by atoms with Gasteiger partial charge in [0.2, 0.25) is 0 Å². The normalized spacial score (nSPS) is 16.4. The second-order valence-corrected chi connectivity index (χ2v) is 5.94. The number of thioether (sulfide) groups is 1. The smallest absolute Gasteiger partial charge is 0.183 e. The molecular formula is C15H23NO2S. The Kier molecular flexibility index (Phi) is 6.17. The van der Waals surface area contributed by atoms with Crippen LogP contribution < -0.4 is 0 Å². The molecule has 0 amide bonds. The van der Waals surface area contributed by atoms with Gasteiger partial charge in [-0.05, 0) is 38.1 Å². The number of hydrogen-bond acceptors (Lipinski definition) is 4. The van der Waals surface area contributed by atoms with E-state index in [1.165, 1.54) is 37.4 Å². The molecule has 0 N–H and O–H groups in total. The highest BCUT2D eigenvalue weighted by Gasteiger charge is 2.11. The highest BCUT2D eigenvalue weighted by molar-refractivity contribution is 7.99. The first-order valence-corrected chi connectivity index (χ1v) is 7.83. The predicted molar refractivity (Wildman–Crippen MR) is 79.6 cm³/mol. The van der Waals surface area contributed by atoms with Gasteiger partial charge in [-0.3, -0.25) is 0 Å². The molecule has 1 aromatic rings.